The molecule has 0 aliphatic carbocycles. The van der Waals surface area contributed by atoms with E-state index in [-0.39, 0.29) is 0 Å². The molecule has 0 amide bonds. The van der Waals surface area contributed by atoms with E-state index in [1.54, 1.807) is 11.3 Å². The van der Waals surface area contributed by atoms with E-state index < -0.39 is 0 Å². The summed E-state index contributed by atoms with van der Waals surface area (Å²) in [6.07, 6.45) is 0.311. The predicted molar refractivity (Wildman–Crippen MR) is 67.2 cm³/mol. The average molecular weight is 241 g/mol. The van der Waals surface area contributed by atoms with E-state index in [1.165, 1.54) is 4.88 Å². The van der Waals surface area contributed by atoms with Gasteiger partial charge in [-0.2, -0.15) is 0 Å². The molecule has 2 heterocycles. The summed E-state index contributed by atoms with van der Waals surface area (Å²) in [6, 6.07) is 0. The maximum atomic E-state index is 5.54. The van der Waals surface area contributed by atoms with E-state index >= 15 is 0 Å². The molecule has 1 N–H and O–H groups in total. The van der Waals surface area contributed by atoms with Crippen molar-refractivity contribution in [3.8, 4) is 0 Å². The number of nitrogens with one attached hydrogen (secondary N) is 1. The zero-order valence-electron chi connectivity index (χ0n) is 10.1. The molecule has 1 aromatic heterocycles. The fourth-order valence-electron chi connectivity index (χ4n) is 1.86. The van der Waals surface area contributed by atoms with Gasteiger partial charge < -0.3 is 15.0 Å². The normalized spacial score (nSPS) is 21.4. The number of rotatable bonds is 3. The number of aromatic nitrogens is 1. The van der Waals surface area contributed by atoms with Crippen LogP contribution in [-0.4, -0.2) is 37.8 Å². The summed E-state index contributed by atoms with van der Waals surface area (Å²) in [5.74, 6) is 0. The standard InChI is InChI=1S/C11H19N3OS/c1-8-7-14(4-5-15-8)11-13-9(2)10(16-11)6-12-3/h8,12H,4-7H2,1-3H3. The van der Waals surface area contributed by atoms with Crippen molar-refractivity contribution in [3.05, 3.63) is 10.6 Å². The Morgan fingerprint density at radius 2 is 2.44 bits per heavy atom. The Balaban J connectivity index is 2.10. The molecule has 0 aromatic carbocycles. The van der Waals surface area contributed by atoms with Crippen LogP contribution in [0.15, 0.2) is 0 Å². The largest absolute Gasteiger partial charge is 0.375 e. The Bertz CT molecular complexity index is 353. The number of hydrogen-bond donors (Lipinski definition) is 1. The van der Waals surface area contributed by atoms with Crippen molar-refractivity contribution >= 4 is 16.5 Å². The maximum absolute atomic E-state index is 5.54. The van der Waals surface area contributed by atoms with E-state index in [4.69, 9.17) is 4.74 Å². The lowest BCUT2D eigenvalue weighted by atomic mass is 10.3. The van der Waals surface area contributed by atoms with Gasteiger partial charge in [0.05, 0.1) is 18.4 Å². The van der Waals surface area contributed by atoms with E-state index in [1.807, 2.05) is 7.05 Å². The highest BCUT2D eigenvalue weighted by Crippen LogP contribution is 2.27. The first-order valence-corrected chi connectivity index (χ1v) is 6.50. The Hall–Kier alpha value is -0.650. The minimum Gasteiger partial charge on any atom is -0.375 e. The van der Waals surface area contributed by atoms with Crippen LogP contribution in [0.3, 0.4) is 0 Å². The van der Waals surface area contributed by atoms with Gasteiger partial charge in [-0.05, 0) is 20.9 Å². The number of ether oxygens (including phenoxy) is 1. The highest BCUT2D eigenvalue weighted by Gasteiger charge is 2.20. The minimum atomic E-state index is 0.311. The molecule has 2 rings (SSSR count). The fraction of sp³-hybridized carbons (Fsp3) is 0.727. The summed E-state index contributed by atoms with van der Waals surface area (Å²) in [5, 5.41) is 4.31. The van der Waals surface area contributed by atoms with Crippen molar-refractivity contribution < 1.29 is 4.74 Å². The molecule has 16 heavy (non-hydrogen) atoms. The second kappa shape index (κ2) is 5.12. The molecule has 1 aromatic rings. The van der Waals surface area contributed by atoms with Crippen molar-refractivity contribution in [2.75, 3.05) is 31.6 Å². The van der Waals surface area contributed by atoms with Crippen LogP contribution in [0.2, 0.25) is 0 Å². The van der Waals surface area contributed by atoms with E-state index in [0.29, 0.717) is 6.10 Å². The van der Waals surface area contributed by atoms with Crippen LogP contribution in [0.4, 0.5) is 5.13 Å². The molecule has 1 atom stereocenters. The molecule has 1 aliphatic heterocycles. The van der Waals surface area contributed by atoms with E-state index in [0.717, 1.165) is 37.1 Å². The molecule has 0 saturated carbocycles. The van der Waals surface area contributed by atoms with Crippen molar-refractivity contribution in [1.29, 1.82) is 0 Å². The number of hydrogen-bond acceptors (Lipinski definition) is 5. The Morgan fingerprint density at radius 3 is 3.12 bits per heavy atom. The first-order valence-electron chi connectivity index (χ1n) is 5.68. The van der Waals surface area contributed by atoms with Gasteiger partial charge in [-0.25, -0.2) is 4.98 Å². The SMILES string of the molecule is CNCc1sc(N2CCOC(C)C2)nc1C. The number of thiazole rings is 1. The van der Waals surface area contributed by atoms with E-state index in [2.05, 4.69) is 29.0 Å². The molecule has 0 spiro atoms. The van der Waals surface area contributed by atoms with Crippen LogP contribution < -0.4 is 10.2 Å². The van der Waals surface area contributed by atoms with Crippen LogP contribution >= 0.6 is 11.3 Å². The van der Waals surface area contributed by atoms with Crippen LogP contribution in [0, 0.1) is 6.92 Å². The quantitative estimate of drug-likeness (QED) is 0.868. The third-order valence-electron chi connectivity index (χ3n) is 2.73. The molecule has 0 bridgehead atoms. The predicted octanol–water partition coefficient (Wildman–Crippen LogP) is 1.40. The summed E-state index contributed by atoms with van der Waals surface area (Å²) in [5.41, 5.74) is 1.15. The first kappa shape index (κ1) is 11.8. The topological polar surface area (TPSA) is 37.4 Å². The molecule has 0 radical (unpaired) electrons. The van der Waals surface area contributed by atoms with Gasteiger partial charge in [-0.3, -0.25) is 0 Å². The number of aryl methyl sites for hydroxylation is 1. The van der Waals surface area contributed by atoms with Gasteiger partial charge in [0.15, 0.2) is 5.13 Å². The van der Waals surface area contributed by atoms with Gasteiger partial charge in [-0.15, -0.1) is 11.3 Å². The van der Waals surface area contributed by atoms with Gasteiger partial charge in [-0.1, -0.05) is 0 Å². The second-order valence-corrected chi connectivity index (χ2v) is 5.22. The van der Waals surface area contributed by atoms with Gasteiger partial charge in [0.1, 0.15) is 0 Å². The fourth-order valence-corrected chi connectivity index (χ4v) is 2.97. The summed E-state index contributed by atoms with van der Waals surface area (Å²) in [7, 11) is 1.97. The van der Waals surface area contributed by atoms with Crippen molar-refractivity contribution in [2.45, 2.75) is 26.5 Å². The lowest BCUT2D eigenvalue weighted by Crippen LogP contribution is -2.41. The summed E-state index contributed by atoms with van der Waals surface area (Å²) in [4.78, 5) is 8.29. The minimum absolute atomic E-state index is 0.311. The highest BCUT2D eigenvalue weighted by molar-refractivity contribution is 7.15. The lowest BCUT2D eigenvalue weighted by Gasteiger charge is -2.30. The third kappa shape index (κ3) is 2.53. The third-order valence-corrected chi connectivity index (χ3v) is 3.95. The van der Waals surface area contributed by atoms with Crippen LogP contribution in [-0.2, 0) is 11.3 Å². The summed E-state index contributed by atoms with van der Waals surface area (Å²) < 4.78 is 5.54. The lowest BCUT2D eigenvalue weighted by molar-refractivity contribution is 0.0532. The van der Waals surface area contributed by atoms with Crippen molar-refractivity contribution in [3.63, 3.8) is 0 Å². The van der Waals surface area contributed by atoms with Crippen molar-refractivity contribution in [1.82, 2.24) is 10.3 Å². The van der Waals surface area contributed by atoms with Crippen LogP contribution in [0.5, 0.6) is 0 Å². The molecular weight excluding hydrogens is 222 g/mol. The first-order chi connectivity index (χ1) is 7.70. The molecule has 1 unspecified atom stereocenters. The second-order valence-electron chi connectivity index (χ2n) is 4.16. The number of nitrogens with zero attached hydrogens (tertiary/aromatic N) is 2. The highest BCUT2D eigenvalue weighted by atomic mass is 32.1. The molecule has 4 nitrogen and oxygen atoms in total. The molecule has 5 heteroatoms. The molecule has 90 valence electrons. The Kier molecular flexibility index (Phi) is 3.78. The van der Waals surface area contributed by atoms with Crippen molar-refractivity contribution in [2.24, 2.45) is 0 Å². The molecule has 1 fully saturated rings. The summed E-state index contributed by atoms with van der Waals surface area (Å²) in [6.45, 7) is 7.81. The number of anilines is 1. The zero-order chi connectivity index (χ0) is 11.5. The molecule has 1 aliphatic rings. The van der Waals surface area contributed by atoms with Gasteiger partial charge in [0.2, 0.25) is 0 Å². The Morgan fingerprint density at radius 1 is 1.62 bits per heavy atom. The van der Waals surface area contributed by atoms with Gasteiger partial charge in [0, 0.05) is 24.5 Å². The smallest absolute Gasteiger partial charge is 0.185 e. The summed E-state index contributed by atoms with van der Waals surface area (Å²) >= 11 is 1.79. The zero-order valence-corrected chi connectivity index (χ0v) is 10.9. The Labute approximate surface area is 101 Å². The van der Waals surface area contributed by atoms with Gasteiger partial charge >= 0.3 is 0 Å². The van der Waals surface area contributed by atoms with Crippen LogP contribution in [0.1, 0.15) is 17.5 Å². The maximum Gasteiger partial charge on any atom is 0.185 e. The van der Waals surface area contributed by atoms with E-state index in [9.17, 15) is 0 Å². The molecular formula is C11H19N3OS. The van der Waals surface area contributed by atoms with Crippen LogP contribution in [0.25, 0.3) is 0 Å². The molecule has 1 saturated heterocycles. The van der Waals surface area contributed by atoms with Gasteiger partial charge in [0.25, 0.3) is 0 Å². The number of morpholine rings is 1. The average Bonchev–Trinajstić information content (AvgIpc) is 2.61. The monoisotopic (exact) mass is 241 g/mol.